The first-order valence-corrected chi connectivity index (χ1v) is 14.2. The number of rotatable bonds is 12. The molecule has 0 aromatic heterocycles. The number of allylic oxidation sites excluding steroid dienone is 1. The molecule has 1 heterocycles. The third-order valence-corrected chi connectivity index (χ3v) is 7.33. The van der Waals surface area contributed by atoms with E-state index in [2.05, 4.69) is 22.5 Å². The van der Waals surface area contributed by atoms with Crippen LogP contribution in [0.4, 0.5) is 4.79 Å². The van der Waals surface area contributed by atoms with Gasteiger partial charge < -0.3 is 14.2 Å². The fourth-order valence-corrected chi connectivity index (χ4v) is 5.10. The molecule has 0 aliphatic carbocycles. The number of amides is 2. The Bertz CT molecular complexity index is 1370. The highest BCUT2D eigenvalue weighted by molar-refractivity contribution is 9.10. The van der Waals surface area contributed by atoms with Crippen LogP contribution in [0.1, 0.15) is 29.2 Å². The molecule has 1 saturated heterocycles. The molecule has 6 nitrogen and oxygen atoms in total. The molecule has 1 aliphatic heterocycles. The molecule has 8 heteroatoms. The van der Waals surface area contributed by atoms with Gasteiger partial charge in [0.1, 0.15) is 19.0 Å². The molecule has 202 valence electrons. The maximum Gasteiger partial charge on any atom is 0.293 e. The second kappa shape index (κ2) is 13.5. The summed E-state index contributed by atoms with van der Waals surface area (Å²) in [5.41, 5.74) is 3.78. The maximum atomic E-state index is 13.1. The summed E-state index contributed by atoms with van der Waals surface area (Å²) in [6, 6.07) is 19.3. The fourth-order valence-electron chi connectivity index (χ4n) is 3.97. The van der Waals surface area contributed by atoms with E-state index in [9.17, 15) is 9.59 Å². The van der Waals surface area contributed by atoms with Crippen LogP contribution in [-0.2, 0) is 17.8 Å². The van der Waals surface area contributed by atoms with Crippen LogP contribution in [0.25, 0.3) is 6.08 Å². The zero-order chi connectivity index (χ0) is 27.8. The fraction of sp³-hybridized carbons (Fsp3) is 0.226. The third-order valence-electron chi connectivity index (χ3n) is 5.89. The van der Waals surface area contributed by atoms with Crippen molar-refractivity contribution in [1.82, 2.24) is 4.90 Å². The van der Waals surface area contributed by atoms with Crippen LogP contribution >= 0.6 is 27.7 Å². The summed E-state index contributed by atoms with van der Waals surface area (Å²) in [5, 5.41) is -0.315. The first-order chi connectivity index (χ1) is 18.9. The number of hydrogen-bond donors (Lipinski definition) is 0. The zero-order valence-electron chi connectivity index (χ0n) is 21.9. The Morgan fingerprint density at radius 2 is 1.74 bits per heavy atom. The minimum absolute atomic E-state index is 0.171. The van der Waals surface area contributed by atoms with E-state index in [-0.39, 0.29) is 24.3 Å². The first-order valence-electron chi connectivity index (χ1n) is 12.6. The van der Waals surface area contributed by atoms with Gasteiger partial charge in [0.25, 0.3) is 11.1 Å². The number of carbonyl (C=O) groups is 2. The lowest BCUT2D eigenvalue weighted by atomic mass is 10.0. The minimum Gasteiger partial charge on any atom is -0.492 e. The van der Waals surface area contributed by atoms with E-state index in [1.807, 2.05) is 74.5 Å². The normalized spacial score (nSPS) is 14.1. The topological polar surface area (TPSA) is 65.1 Å². The third kappa shape index (κ3) is 7.55. The van der Waals surface area contributed by atoms with Crippen LogP contribution in [0.15, 0.2) is 82.7 Å². The summed E-state index contributed by atoms with van der Waals surface area (Å²) in [6.07, 6.45) is 4.07. The van der Waals surface area contributed by atoms with Gasteiger partial charge >= 0.3 is 0 Å². The number of thioether (sulfide) groups is 1. The molecular formula is C31H30BrNO5S. The van der Waals surface area contributed by atoms with Gasteiger partial charge in [-0.05, 0) is 85.6 Å². The zero-order valence-corrected chi connectivity index (χ0v) is 24.3. The lowest BCUT2D eigenvalue weighted by molar-refractivity contribution is -0.123. The smallest absolute Gasteiger partial charge is 0.293 e. The molecule has 0 atom stereocenters. The largest absolute Gasteiger partial charge is 0.492 e. The Labute approximate surface area is 241 Å². The van der Waals surface area contributed by atoms with Crippen molar-refractivity contribution in [2.45, 2.75) is 26.9 Å². The van der Waals surface area contributed by atoms with Gasteiger partial charge in [-0.1, -0.05) is 51.8 Å². The average Bonchev–Trinajstić information content (AvgIpc) is 3.18. The van der Waals surface area contributed by atoms with Crippen molar-refractivity contribution in [3.8, 4) is 17.2 Å². The molecule has 1 fully saturated rings. The van der Waals surface area contributed by atoms with Crippen LogP contribution in [0.3, 0.4) is 0 Å². The maximum absolute atomic E-state index is 13.1. The molecule has 4 rings (SSSR count). The second-order valence-electron chi connectivity index (χ2n) is 8.84. The summed E-state index contributed by atoms with van der Waals surface area (Å²) in [4.78, 5) is 27.3. The predicted molar refractivity (Wildman–Crippen MR) is 159 cm³/mol. The van der Waals surface area contributed by atoms with Gasteiger partial charge in [0, 0.05) is 10.0 Å². The number of benzene rings is 3. The molecule has 3 aromatic rings. The molecule has 1 aliphatic rings. The molecule has 0 N–H and O–H groups in total. The van der Waals surface area contributed by atoms with Gasteiger partial charge in [-0.25, -0.2) is 0 Å². The summed E-state index contributed by atoms with van der Waals surface area (Å²) >= 11 is 4.37. The molecule has 0 unspecified atom stereocenters. The Morgan fingerprint density at radius 3 is 2.44 bits per heavy atom. The SMILES string of the molecule is C=CCc1cc(/C=C2\SC(=O)N(CCOc3ccc(C)cc3)C2=O)cc(OCC)c1OCc1ccc(Br)cc1. The van der Waals surface area contributed by atoms with Gasteiger partial charge in [0.05, 0.1) is 18.1 Å². The van der Waals surface area contributed by atoms with Crippen LogP contribution in [0.2, 0.25) is 0 Å². The number of carbonyl (C=O) groups excluding carboxylic acids is 2. The van der Waals surface area contributed by atoms with Crippen molar-refractivity contribution in [3.05, 3.63) is 105 Å². The molecule has 3 aromatic carbocycles. The quantitative estimate of drug-likeness (QED) is 0.156. The molecule has 0 radical (unpaired) electrons. The van der Waals surface area contributed by atoms with Crippen molar-refractivity contribution in [2.24, 2.45) is 0 Å². The minimum atomic E-state index is -0.337. The highest BCUT2D eigenvalue weighted by Crippen LogP contribution is 2.38. The molecule has 39 heavy (non-hydrogen) atoms. The van der Waals surface area contributed by atoms with Crippen molar-refractivity contribution >= 4 is 44.9 Å². The van der Waals surface area contributed by atoms with Crippen molar-refractivity contribution in [1.29, 1.82) is 0 Å². The summed E-state index contributed by atoms with van der Waals surface area (Å²) in [6.45, 7) is 9.00. The number of hydrogen-bond acceptors (Lipinski definition) is 6. The van der Waals surface area contributed by atoms with E-state index in [4.69, 9.17) is 14.2 Å². The van der Waals surface area contributed by atoms with Crippen molar-refractivity contribution < 1.29 is 23.8 Å². The van der Waals surface area contributed by atoms with E-state index < -0.39 is 0 Å². The molecule has 0 bridgehead atoms. The highest BCUT2D eigenvalue weighted by atomic mass is 79.9. The lowest BCUT2D eigenvalue weighted by Crippen LogP contribution is -2.32. The first kappa shape index (κ1) is 28.5. The highest BCUT2D eigenvalue weighted by Gasteiger charge is 2.35. The Morgan fingerprint density at radius 1 is 1.00 bits per heavy atom. The number of halogens is 1. The van der Waals surface area contributed by atoms with Gasteiger partial charge in [-0.2, -0.15) is 0 Å². The molecular weight excluding hydrogens is 578 g/mol. The summed E-state index contributed by atoms with van der Waals surface area (Å²) in [5.74, 6) is 1.57. The van der Waals surface area contributed by atoms with Crippen LogP contribution in [-0.4, -0.2) is 35.8 Å². The Kier molecular flexibility index (Phi) is 9.90. The molecule has 0 spiro atoms. The molecule has 2 amide bonds. The van der Waals surface area contributed by atoms with Gasteiger partial charge in [-0.15, -0.1) is 6.58 Å². The van der Waals surface area contributed by atoms with Gasteiger partial charge in [0.15, 0.2) is 11.5 Å². The van der Waals surface area contributed by atoms with Crippen LogP contribution < -0.4 is 14.2 Å². The standard InChI is InChI=1S/C31H30BrNO5S/c1-4-6-24-17-23(18-27(36-5-2)29(24)38-20-22-9-11-25(32)12-10-22)19-28-30(34)33(31(35)39-28)15-16-37-26-13-7-21(3)8-14-26/h4,7-14,17-19H,1,5-6,15-16,20H2,2-3H3/b28-19-. The van der Waals surface area contributed by atoms with E-state index in [1.165, 1.54) is 4.90 Å². The van der Waals surface area contributed by atoms with E-state index >= 15 is 0 Å². The average molecular weight is 609 g/mol. The second-order valence-corrected chi connectivity index (χ2v) is 10.8. The number of aryl methyl sites for hydroxylation is 1. The Hall–Kier alpha value is -3.49. The van der Waals surface area contributed by atoms with Crippen LogP contribution in [0.5, 0.6) is 17.2 Å². The summed E-state index contributed by atoms with van der Waals surface area (Å²) < 4.78 is 18.9. The predicted octanol–water partition coefficient (Wildman–Crippen LogP) is 7.58. The van der Waals surface area contributed by atoms with Gasteiger partial charge in [0.2, 0.25) is 0 Å². The van der Waals surface area contributed by atoms with E-state index in [0.717, 1.165) is 38.5 Å². The Balaban J connectivity index is 1.51. The monoisotopic (exact) mass is 607 g/mol. The van der Waals surface area contributed by atoms with Gasteiger partial charge in [-0.3, -0.25) is 14.5 Å². The number of imide groups is 1. The van der Waals surface area contributed by atoms with Crippen molar-refractivity contribution in [2.75, 3.05) is 19.8 Å². The van der Waals surface area contributed by atoms with E-state index in [0.29, 0.717) is 41.8 Å². The summed E-state index contributed by atoms with van der Waals surface area (Å²) in [7, 11) is 0. The number of nitrogens with zero attached hydrogens (tertiary/aromatic N) is 1. The van der Waals surface area contributed by atoms with Crippen molar-refractivity contribution in [3.63, 3.8) is 0 Å². The molecule has 0 saturated carbocycles. The van der Waals surface area contributed by atoms with E-state index in [1.54, 1.807) is 12.2 Å². The lowest BCUT2D eigenvalue weighted by Gasteiger charge is -2.17. The number of ether oxygens (including phenoxy) is 3. The van der Waals surface area contributed by atoms with Crippen LogP contribution in [0, 0.1) is 6.92 Å².